The normalized spacial score (nSPS) is 26.6. The fourth-order valence-corrected chi connectivity index (χ4v) is 9.78. The van der Waals surface area contributed by atoms with E-state index in [-0.39, 0.29) is 47.6 Å². The molecule has 0 aromatic carbocycles. The molecule has 0 aromatic rings. The third-order valence-electron chi connectivity index (χ3n) is 8.96. The van der Waals surface area contributed by atoms with Crippen molar-refractivity contribution in [3.63, 3.8) is 0 Å². The van der Waals surface area contributed by atoms with Crippen LogP contribution in [0.1, 0.15) is 99.3 Å². The topological polar surface area (TPSA) is 35.5 Å². The van der Waals surface area contributed by atoms with Crippen molar-refractivity contribution in [2.75, 3.05) is 0 Å². The van der Waals surface area contributed by atoms with Gasteiger partial charge in [0.2, 0.25) is 0 Å². The Kier molecular flexibility index (Phi) is 11.5. The van der Waals surface area contributed by atoms with Gasteiger partial charge in [-0.25, -0.2) is 0 Å². The van der Waals surface area contributed by atoms with E-state index in [0.29, 0.717) is 32.1 Å². The molecule has 0 saturated heterocycles. The predicted octanol–water partition coefficient (Wildman–Crippen LogP) is 10.5. The van der Waals surface area contributed by atoms with Crippen molar-refractivity contribution in [2.45, 2.75) is 148 Å². The van der Waals surface area contributed by atoms with Crippen molar-refractivity contribution in [2.24, 2.45) is 22.7 Å². The lowest BCUT2D eigenvalue weighted by Gasteiger charge is -2.48. The largest absolute Gasteiger partial charge is 0.431 e. The molecule has 0 heterocycles. The average molecular weight is 633 g/mol. The first-order valence-corrected chi connectivity index (χ1v) is 19.0. The molecular weight excluding hydrogens is 582 g/mol. The molecule has 2 fully saturated rings. The summed E-state index contributed by atoms with van der Waals surface area (Å²) < 4.78 is 95.4. The second-order valence-electron chi connectivity index (χ2n) is 14.6. The van der Waals surface area contributed by atoms with Gasteiger partial charge < -0.3 is 4.43 Å². The molecule has 2 aliphatic carbocycles. The Bertz CT molecular complexity index is 913. The molecule has 2 saturated carbocycles. The van der Waals surface area contributed by atoms with E-state index in [1.54, 1.807) is 0 Å². The molecule has 240 valence electrons. The fourth-order valence-electron chi connectivity index (χ4n) is 7.43. The molecule has 0 aromatic heterocycles. The molecule has 3 unspecified atom stereocenters. The van der Waals surface area contributed by atoms with Crippen molar-refractivity contribution in [1.82, 2.24) is 0 Å². The number of hydrogen-bond donors (Lipinski definition) is 0. The molecule has 11 heteroatoms. The van der Waals surface area contributed by atoms with Crippen molar-refractivity contribution < 1.29 is 39.7 Å². The van der Waals surface area contributed by atoms with Gasteiger partial charge in [0.1, 0.15) is 5.78 Å². The summed E-state index contributed by atoms with van der Waals surface area (Å²) in [6.45, 7) is 17.4. The number of ketones is 1. The monoisotopic (exact) mass is 632 g/mol. The molecule has 4 atom stereocenters. The second kappa shape index (κ2) is 12.8. The van der Waals surface area contributed by atoms with E-state index in [4.69, 9.17) is 4.43 Å². The highest BCUT2D eigenvalue weighted by Gasteiger charge is 2.71. The lowest BCUT2D eigenvalue weighted by Crippen LogP contribution is -2.56. The van der Waals surface area contributed by atoms with Crippen LogP contribution in [-0.2, 0) is 13.4 Å². The van der Waals surface area contributed by atoms with E-state index in [0.717, 1.165) is 25.3 Å². The van der Waals surface area contributed by atoms with Gasteiger partial charge in [-0.15, -0.1) is 0 Å². The second-order valence-corrected chi connectivity index (χ2v) is 20.3. The van der Waals surface area contributed by atoms with Crippen LogP contribution in [0.2, 0.25) is 19.6 Å². The highest BCUT2D eigenvalue weighted by molar-refractivity contribution is 7.95. The van der Waals surface area contributed by atoms with Crippen LogP contribution in [0.4, 0.5) is 26.3 Å². The Hall–Kier alpha value is -0.523. The molecule has 2 aliphatic rings. The molecule has 0 spiro atoms. The lowest BCUT2D eigenvalue weighted by molar-refractivity contribution is -0.334. The first-order valence-electron chi connectivity index (χ1n) is 14.8. The lowest BCUT2D eigenvalue weighted by atomic mass is 9.56. The van der Waals surface area contributed by atoms with E-state index < -0.39 is 42.5 Å². The maximum Gasteiger partial charge on any atom is 0.431 e. The minimum Gasteiger partial charge on any atom is -0.413 e. The van der Waals surface area contributed by atoms with E-state index in [2.05, 4.69) is 30.7 Å². The summed E-state index contributed by atoms with van der Waals surface area (Å²) in [6, 6.07) is 0. The zero-order valence-corrected chi connectivity index (χ0v) is 28.0. The van der Waals surface area contributed by atoms with Crippen LogP contribution < -0.4 is 0 Å². The van der Waals surface area contributed by atoms with Gasteiger partial charge in [-0.05, 0) is 113 Å². The van der Waals surface area contributed by atoms with Gasteiger partial charge >= 0.3 is 12.4 Å². The standard InChI is InChI=1S/C30H50F6O3SSi/c1-21(2)40-38-28(29(31,32)33,30(34,35)36)20-12-18-26(5,17-11-16-25(3,4)39-41(7,8)9)24-15-14-22-23(37)13-10-19-27(22,24)6/h12,20-22,24H,10-11,13-19H2,1-9H3/b20-12-/t22?,24?,26?,27-/m0/s1. The zero-order chi connectivity index (χ0) is 31.7. The predicted molar refractivity (Wildman–Crippen MR) is 156 cm³/mol. The summed E-state index contributed by atoms with van der Waals surface area (Å²) in [7, 11) is -1.83. The molecule has 3 nitrogen and oxygen atoms in total. The maximum absolute atomic E-state index is 14.1. The van der Waals surface area contributed by atoms with Crippen LogP contribution in [0.15, 0.2) is 12.2 Å². The first kappa shape index (κ1) is 36.7. The Morgan fingerprint density at radius 1 is 1.02 bits per heavy atom. The average Bonchev–Trinajstić information content (AvgIpc) is 3.11. The number of alkyl halides is 6. The summed E-state index contributed by atoms with van der Waals surface area (Å²) in [5.74, 6) is 0.120. The smallest absolute Gasteiger partial charge is 0.413 e. The Labute approximate surface area is 248 Å². The van der Waals surface area contributed by atoms with Gasteiger partial charge in [0.05, 0.1) is 5.60 Å². The highest BCUT2D eigenvalue weighted by Crippen LogP contribution is 2.62. The number of carbonyl (C=O) groups is 1. The fraction of sp³-hybridized carbons (Fsp3) is 0.900. The molecular formula is C30H50F6O3SSi. The van der Waals surface area contributed by atoms with Crippen molar-refractivity contribution in [1.29, 1.82) is 0 Å². The van der Waals surface area contributed by atoms with Gasteiger partial charge in [-0.1, -0.05) is 40.2 Å². The van der Waals surface area contributed by atoms with Crippen LogP contribution >= 0.6 is 12.0 Å². The van der Waals surface area contributed by atoms with Crippen LogP contribution in [0, 0.1) is 22.7 Å². The minimum atomic E-state index is -5.70. The third-order valence-corrected chi connectivity index (χ3v) is 10.9. The van der Waals surface area contributed by atoms with Crippen molar-refractivity contribution >= 4 is 26.1 Å². The van der Waals surface area contributed by atoms with Gasteiger partial charge in [0.15, 0.2) is 8.32 Å². The highest BCUT2D eigenvalue weighted by atomic mass is 32.2. The van der Waals surface area contributed by atoms with Crippen molar-refractivity contribution in [3.8, 4) is 0 Å². The number of halogens is 6. The summed E-state index contributed by atoms with van der Waals surface area (Å²) in [4.78, 5) is 12.8. The van der Waals surface area contributed by atoms with Crippen LogP contribution in [0.25, 0.3) is 0 Å². The summed E-state index contributed by atoms with van der Waals surface area (Å²) in [5.41, 5.74) is -5.74. The third kappa shape index (κ3) is 8.78. The van der Waals surface area contributed by atoms with Gasteiger partial charge in [0, 0.05) is 17.6 Å². The van der Waals surface area contributed by atoms with Gasteiger partial charge in [-0.3, -0.25) is 8.98 Å². The molecule has 0 bridgehead atoms. The Balaban J connectivity index is 2.44. The van der Waals surface area contributed by atoms with E-state index in [9.17, 15) is 31.1 Å². The summed E-state index contributed by atoms with van der Waals surface area (Å²) in [5, 5.41) is -0.598. The number of carbonyl (C=O) groups excluding carboxylic acids is 1. The van der Waals surface area contributed by atoms with E-state index in [1.165, 1.54) is 13.8 Å². The van der Waals surface area contributed by atoms with Gasteiger partial charge in [0.25, 0.3) is 5.60 Å². The zero-order valence-electron chi connectivity index (χ0n) is 26.2. The Morgan fingerprint density at radius 3 is 2.12 bits per heavy atom. The van der Waals surface area contributed by atoms with Crippen molar-refractivity contribution in [3.05, 3.63) is 12.2 Å². The number of allylic oxidation sites excluding steroid dienone is 1. The van der Waals surface area contributed by atoms with Crippen LogP contribution in [-0.4, -0.2) is 42.9 Å². The number of Topliss-reactive ketones (excluding diaryl/α,β-unsaturated/α-hetero) is 1. The number of hydrogen-bond acceptors (Lipinski definition) is 4. The summed E-state index contributed by atoms with van der Waals surface area (Å²) in [6.07, 6.45) is -4.56. The number of rotatable bonds is 13. The minimum absolute atomic E-state index is 0.00736. The van der Waals surface area contributed by atoms with Gasteiger partial charge in [-0.2, -0.15) is 26.3 Å². The SMILES string of the molecule is CC(C)SOC(/C=C\CC(C)(CCCC(C)(C)O[Si](C)(C)C)C1CCC2C(=O)CCC[C@@]21C)(C(F)(F)F)C(F)(F)F. The summed E-state index contributed by atoms with van der Waals surface area (Å²) >= 11 is 0.171. The van der Waals surface area contributed by atoms with E-state index in [1.807, 2.05) is 20.8 Å². The molecule has 0 aliphatic heterocycles. The molecule has 41 heavy (non-hydrogen) atoms. The van der Waals surface area contributed by atoms with E-state index >= 15 is 0 Å². The molecule has 2 rings (SSSR count). The molecule has 0 amide bonds. The maximum atomic E-state index is 14.1. The number of fused-ring (bicyclic) bond motifs is 1. The molecule has 0 N–H and O–H groups in total. The quantitative estimate of drug-likeness (QED) is 0.0876. The van der Waals surface area contributed by atoms with Crippen LogP contribution in [0.3, 0.4) is 0 Å². The van der Waals surface area contributed by atoms with Crippen LogP contribution in [0.5, 0.6) is 0 Å². The first-order chi connectivity index (χ1) is 18.4. The molecule has 0 radical (unpaired) electrons. The Morgan fingerprint density at radius 2 is 1.61 bits per heavy atom.